The highest BCUT2D eigenvalue weighted by molar-refractivity contribution is 5.83. The molecule has 6 rings (SSSR count). The summed E-state index contributed by atoms with van der Waals surface area (Å²) in [5.41, 5.74) is -0.787. The number of carbonyl (C=O) groups excluding carboxylic acids is 2. The Morgan fingerprint density at radius 2 is 1.67 bits per heavy atom. The molecule has 2 aromatic carbocycles. The van der Waals surface area contributed by atoms with Gasteiger partial charge in [0.1, 0.15) is 11.3 Å². The average molecular weight is 662 g/mol. The number of aromatic nitrogens is 4. The van der Waals surface area contributed by atoms with Crippen LogP contribution in [0.5, 0.6) is 0 Å². The minimum atomic E-state index is -4.65. The van der Waals surface area contributed by atoms with Gasteiger partial charge in [-0.05, 0) is 101 Å². The number of nitriles is 1. The fourth-order valence-electron chi connectivity index (χ4n) is 6.72. The van der Waals surface area contributed by atoms with Gasteiger partial charge in [0.2, 0.25) is 0 Å². The monoisotopic (exact) mass is 661 g/mol. The number of fused-ring (bicyclic) bond motifs is 1. The van der Waals surface area contributed by atoms with E-state index >= 15 is 0 Å². The quantitative estimate of drug-likeness (QED) is 0.291. The van der Waals surface area contributed by atoms with E-state index in [9.17, 15) is 32.8 Å². The van der Waals surface area contributed by atoms with Gasteiger partial charge in [0, 0.05) is 19.1 Å². The number of ether oxygens (including phenoxy) is 1. The van der Waals surface area contributed by atoms with Gasteiger partial charge in [-0.1, -0.05) is 6.07 Å². The zero-order valence-electron chi connectivity index (χ0n) is 26.8. The Morgan fingerprint density at radius 1 is 1.00 bits per heavy atom. The number of imidazole rings is 1. The first kappa shape index (κ1) is 32.6. The van der Waals surface area contributed by atoms with Crippen LogP contribution in [0.4, 0.5) is 22.8 Å². The summed E-state index contributed by atoms with van der Waals surface area (Å²) < 4.78 is 50.0. The minimum Gasteiger partial charge on any atom is -0.444 e. The fourth-order valence-corrected chi connectivity index (χ4v) is 6.72. The summed E-state index contributed by atoms with van der Waals surface area (Å²) in [6, 6.07) is 13.5. The van der Waals surface area contributed by atoms with Crippen molar-refractivity contribution in [2.45, 2.75) is 58.4 Å². The highest BCUT2D eigenvalue weighted by Gasteiger charge is 2.44. The van der Waals surface area contributed by atoms with Crippen LogP contribution in [0.25, 0.3) is 22.8 Å². The molecule has 1 unspecified atom stereocenters. The maximum Gasteiger partial charge on any atom is 0.416 e. The summed E-state index contributed by atoms with van der Waals surface area (Å²) in [6.45, 7) is 7.97. The molecule has 1 aliphatic carbocycles. The number of benzene rings is 2. The predicted molar refractivity (Wildman–Crippen MR) is 169 cm³/mol. The third-order valence-electron chi connectivity index (χ3n) is 8.78. The summed E-state index contributed by atoms with van der Waals surface area (Å²) >= 11 is 0. The number of amides is 2. The van der Waals surface area contributed by atoms with Crippen LogP contribution in [0.1, 0.15) is 50.4 Å². The van der Waals surface area contributed by atoms with Crippen molar-refractivity contribution in [1.82, 2.24) is 29.1 Å². The van der Waals surface area contributed by atoms with Crippen LogP contribution < -0.4 is 11.0 Å². The maximum atomic E-state index is 14.1. The largest absolute Gasteiger partial charge is 0.444 e. The lowest BCUT2D eigenvalue weighted by Gasteiger charge is -2.25. The minimum absolute atomic E-state index is 0.0535. The van der Waals surface area contributed by atoms with Crippen molar-refractivity contribution in [1.29, 1.82) is 5.26 Å². The fraction of sp³-hybridized carbons (Fsp3) is 0.382. The average Bonchev–Trinajstić information content (AvgIpc) is 3.78. The summed E-state index contributed by atoms with van der Waals surface area (Å²) in [6.07, 6.45) is -2.38. The Balaban J connectivity index is 1.35. The number of alkyl halides is 3. The maximum absolute atomic E-state index is 14.1. The molecule has 11 nitrogen and oxygen atoms in total. The van der Waals surface area contributed by atoms with E-state index in [4.69, 9.17) is 4.74 Å². The number of carbonyl (C=O) groups is 2. The van der Waals surface area contributed by atoms with E-state index in [-0.39, 0.29) is 41.0 Å². The first-order valence-electron chi connectivity index (χ1n) is 15.5. The van der Waals surface area contributed by atoms with Crippen LogP contribution >= 0.6 is 0 Å². The van der Waals surface area contributed by atoms with Gasteiger partial charge in [-0.2, -0.15) is 23.5 Å². The lowest BCUT2D eigenvalue weighted by Crippen LogP contribution is -2.42. The molecule has 14 heteroatoms. The Labute approximate surface area is 274 Å². The Hall–Kier alpha value is -5.32. The summed E-state index contributed by atoms with van der Waals surface area (Å²) in [5.74, 6) is 0.265. The van der Waals surface area contributed by atoms with Crippen LogP contribution in [-0.4, -0.2) is 60.7 Å². The van der Waals surface area contributed by atoms with E-state index in [0.29, 0.717) is 42.9 Å². The van der Waals surface area contributed by atoms with Gasteiger partial charge in [-0.25, -0.2) is 23.6 Å². The van der Waals surface area contributed by atoms with Crippen LogP contribution in [-0.2, 0) is 10.9 Å². The van der Waals surface area contributed by atoms with Crippen molar-refractivity contribution in [2.75, 3.05) is 13.1 Å². The SMILES string of the molecule is Cc1c(-c2ccnn2-c2ccc(C#N)cc2)n(C(=O)NC2C[C@@H]3CN(C(=O)OC(C)(C)C)C[C@@H]3C2)c(=O)n1-c1cccc(C(F)(F)F)c1. The second-order valence-electron chi connectivity index (χ2n) is 13.2. The summed E-state index contributed by atoms with van der Waals surface area (Å²) in [5, 5.41) is 16.6. The zero-order valence-corrected chi connectivity index (χ0v) is 26.8. The third kappa shape index (κ3) is 6.20. The van der Waals surface area contributed by atoms with Gasteiger partial charge in [-0.15, -0.1) is 0 Å². The molecule has 2 aliphatic rings. The van der Waals surface area contributed by atoms with E-state index in [1.807, 2.05) is 20.8 Å². The van der Waals surface area contributed by atoms with E-state index in [0.717, 1.165) is 21.3 Å². The molecular formula is C34H34F3N7O4. The van der Waals surface area contributed by atoms with Crippen molar-refractivity contribution in [2.24, 2.45) is 11.8 Å². The first-order valence-corrected chi connectivity index (χ1v) is 15.5. The first-order chi connectivity index (χ1) is 22.6. The molecule has 1 saturated carbocycles. The van der Waals surface area contributed by atoms with Crippen LogP contribution in [0.2, 0.25) is 0 Å². The lowest BCUT2D eigenvalue weighted by molar-refractivity contribution is -0.137. The molecule has 1 aliphatic heterocycles. The van der Waals surface area contributed by atoms with Crippen molar-refractivity contribution in [3.63, 3.8) is 0 Å². The molecule has 48 heavy (non-hydrogen) atoms. The number of halogens is 3. The second-order valence-corrected chi connectivity index (χ2v) is 13.2. The number of hydrogen-bond acceptors (Lipinski definition) is 6. The molecule has 250 valence electrons. The second kappa shape index (κ2) is 12.0. The lowest BCUT2D eigenvalue weighted by atomic mass is 10.0. The van der Waals surface area contributed by atoms with Crippen molar-refractivity contribution in [3.05, 3.63) is 88.1 Å². The number of rotatable bonds is 4. The topological polar surface area (TPSA) is 127 Å². The molecule has 4 aromatic rings. The van der Waals surface area contributed by atoms with E-state index < -0.39 is 29.1 Å². The van der Waals surface area contributed by atoms with Gasteiger partial charge < -0.3 is 15.0 Å². The number of likely N-dealkylation sites (tertiary alicyclic amines) is 1. The number of nitrogens with one attached hydrogen (secondary N) is 1. The van der Waals surface area contributed by atoms with Crippen molar-refractivity contribution < 1.29 is 27.5 Å². The molecule has 1 saturated heterocycles. The third-order valence-corrected chi connectivity index (χ3v) is 8.78. The van der Waals surface area contributed by atoms with Gasteiger partial charge in [0.05, 0.1) is 46.2 Å². The van der Waals surface area contributed by atoms with Gasteiger partial charge in [-0.3, -0.25) is 4.57 Å². The number of nitrogens with zero attached hydrogens (tertiary/aromatic N) is 6. The van der Waals surface area contributed by atoms with Crippen LogP contribution in [0.3, 0.4) is 0 Å². The molecule has 0 bridgehead atoms. The van der Waals surface area contributed by atoms with Crippen LogP contribution in [0, 0.1) is 30.1 Å². The van der Waals surface area contributed by atoms with E-state index in [1.165, 1.54) is 23.0 Å². The van der Waals surface area contributed by atoms with Gasteiger partial charge in [0.15, 0.2) is 0 Å². The summed E-state index contributed by atoms with van der Waals surface area (Å²) in [4.78, 5) is 42.5. The Morgan fingerprint density at radius 3 is 2.27 bits per heavy atom. The van der Waals surface area contributed by atoms with E-state index in [2.05, 4.69) is 16.5 Å². The molecule has 0 radical (unpaired) electrons. The normalized spacial score (nSPS) is 19.2. The van der Waals surface area contributed by atoms with Crippen LogP contribution in [0.15, 0.2) is 65.6 Å². The Bertz CT molecular complexity index is 1970. The molecule has 3 heterocycles. The summed E-state index contributed by atoms with van der Waals surface area (Å²) in [7, 11) is 0. The molecular weight excluding hydrogens is 627 g/mol. The highest BCUT2D eigenvalue weighted by Crippen LogP contribution is 2.39. The highest BCUT2D eigenvalue weighted by atomic mass is 19.4. The van der Waals surface area contributed by atoms with Gasteiger partial charge in [0.25, 0.3) is 0 Å². The molecule has 1 N–H and O–H groups in total. The number of hydrogen-bond donors (Lipinski definition) is 1. The molecule has 3 atom stereocenters. The van der Waals surface area contributed by atoms with Crippen molar-refractivity contribution >= 4 is 12.1 Å². The van der Waals surface area contributed by atoms with Gasteiger partial charge >= 0.3 is 24.0 Å². The van der Waals surface area contributed by atoms with E-state index in [1.54, 1.807) is 42.2 Å². The predicted octanol–water partition coefficient (Wildman–Crippen LogP) is 5.89. The zero-order chi connectivity index (χ0) is 34.5. The van der Waals surface area contributed by atoms with Crippen molar-refractivity contribution in [3.8, 4) is 28.8 Å². The molecule has 2 fully saturated rings. The molecule has 2 amide bonds. The molecule has 0 spiro atoms. The Kier molecular flexibility index (Phi) is 8.18. The molecule has 2 aromatic heterocycles. The smallest absolute Gasteiger partial charge is 0.416 e. The standard InChI is InChI=1S/C34H34F3N7O4/c1-20-29(28-12-13-39-44(28)26-10-8-21(17-38)9-11-26)43(31(46)42(20)27-7-5-6-24(16-27)34(35,36)37)30(45)40-25-14-22-18-41(19-23(22)15-25)32(47)48-33(2,3)4/h5-13,16,22-23,25H,14-15,18-19H2,1-4H3,(H,40,45)/t22-,23+,25?.